The number of ketones is 2. The van der Waals surface area contributed by atoms with E-state index >= 15 is 0 Å². The summed E-state index contributed by atoms with van der Waals surface area (Å²) >= 11 is 0. The second-order valence-corrected chi connectivity index (χ2v) is 9.67. The van der Waals surface area contributed by atoms with Crippen molar-refractivity contribution in [2.75, 3.05) is 5.32 Å². The van der Waals surface area contributed by atoms with Crippen molar-refractivity contribution in [3.05, 3.63) is 77.1 Å². The number of anilines is 1. The van der Waals surface area contributed by atoms with Crippen molar-refractivity contribution in [3.63, 3.8) is 0 Å². The lowest BCUT2D eigenvalue weighted by molar-refractivity contribution is -0.137. The molecular weight excluding hydrogens is 472 g/mol. The Balaban J connectivity index is 1.21. The number of benzene rings is 2. The fraction of sp³-hybridized carbons (Fsp3) is 0.250. The van der Waals surface area contributed by atoms with Gasteiger partial charge in [0.05, 0.1) is 5.57 Å². The van der Waals surface area contributed by atoms with Gasteiger partial charge in [-0.15, -0.1) is 0 Å². The number of hydrogen-bond donors (Lipinski definition) is 3. The number of imide groups is 1. The number of rotatable bonds is 4. The van der Waals surface area contributed by atoms with E-state index < -0.39 is 11.9 Å². The van der Waals surface area contributed by atoms with Crippen molar-refractivity contribution >= 4 is 45.9 Å². The normalized spacial score (nSPS) is 21.9. The number of nitrogens with zero attached hydrogens (tertiary/aromatic N) is 1. The predicted octanol–water partition coefficient (Wildman–Crippen LogP) is 2.94. The molecule has 37 heavy (non-hydrogen) atoms. The first-order valence-corrected chi connectivity index (χ1v) is 12.3. The van der Waals surface area contributed by atoms with Gasteiger partial charge in [-0.1, -0.05) is 18.2 Å². The van der Waals surface area contributed by atoms with Gasteiger partial charge >= 0.3 is 0 Å². The Hall–Kier alpha value is -4.53. The molecule has 0 radical (unpaired) electrons. The molecule has 9 nitrogen and oxygen atoms in total. The molecule has 1 atom stereocenters. The van der Waals surface area contributed by atoms with Crippen LogP contribution in [-0.4, -0.2) is 45.2 Å². The molecule has 0 spiro atoms. The van der Waals surface area contributed by atoms with Crippen LogP contribution in [0.4, 0.5) is 5.69 Å². The van der Waals surface area contributed by atoms with Crippen LogP contribution in [0.5, 0.6) is 0 Å². The fourth-order valence-electron chi connectivity index (χ4n) is 5.61. The zero-order valence-corrected chi connectivity index (χ0v) is 19.9. The lowest BCUT2D eigenvalue weighted by atomic mass is 9.79. The third-order valence-corrected chi connectivity index (χ3v) is 7.49. The summed E-state index contributed by atoms with van der Waals surface area (Å²) < 4.78 is 0. The van der Waals surface area contributed by atoms with E-state index in [4.69, 9.17) is 0 Å². The van der Waals surface area contributed by atoms with Crippen LogP contribution in [0.25, 0.3) is 10.9 Å². The Kier molecular flexibility index (Phi) is 5.48. The first-order chi connectivity index (χ1) is 17.9. The van der Waals surface area contributed by atoms with E-state index in [-0.39, 0.29) is 67.1 Å². The van der Waals surface area contributed by atoms with Crippen molar-refractivity contribution < 1.29 is 24.0 Å². The van der Waals surface area contributed by atoms with Gasteiger partial charge < -0.3 is 15.2 Å². The van der Waals surface area contributed by atoms with Crippen molar-refractivity contribution in [1.82, 2.24) is 15.2 Å². The zero-order valence-electron chi connectivity index (χ0n) is 19.9. The summed E-state index contributed by atoms with van der Waals surface area (Å²) in [6, 6.07) is 12.3. The van der Waals surface area contributed by atoms with Crippen LogP contribution in [0.2, 0.25) is 0 Å². The molecule has 3 amide bonds. The number of aromatic amines is 1. The van der Waals surface area contributed by atoms with Gasteiger partial charge in [0, 0.05) is 65.9 Å². The molecule has 6 rings (SSSR count). The Bertz CT molecular complexity index is 1510. The molecule has 1 saturated carbocycles. The molecular formula is C28H24N4O5. The highest BCUT2D eigenvalue weighted by Gasteiger charge is 2.40. The van der Waals surface area contributed by atoms with Crippen LogP contribution in [0, 0.1) is 0 Å². The SMILES string of the molecule is O=C1CCC(N2Cc3c(NC=C4C(=O)CC(c5cccc6[nH]ccc56)CC4=O)cccc3C2=O)C(=O)N1. The molecule has 186 valence electrons. The number of carbonyl (C=O) groups excluding carboxylic acids is 5. The maximum absolute atomic E-state index is 13.0. The number of nitrogens with one attached hydrogen (secondary N) is 3. The average Bonchev–Trinajstić information content (AvgIpc) is 3.48. The number of piperidine rings is 1. The lowest BCUT2D eigenvalue weighted by Gasteiger charge is -2.29. The molecule has 1 unspecified atom stereocenters. The number of aromatic nitrogens is 1. The minimum absolute atomic E-state index is 0.112. The number of allylic oxidation sites excluding steroid dienone is 1. The quantitative estimate of drug-likeness (QED) is 0.289. The van der Waals surface area contributed by atoms with Gasteiger partial charge in [0.1, 0.15) is 6.04 Å². The van der Waals surface area contributed by atoms with Crippen LogP contribution in [0.3, 0.4) is 0 Å². The van der Waals surface area contributed by atoms with E-state index in [9.17, 15) is 24.0 Å². The molecule has 2 aromatic carbocycles. The Labute approximate surface area is 211 Å². The first kappa shape index (κ1) is 22.9. The third-order valence-electron chi connectivity index (χ3n) is 7.49. The summed E-state index contributed by atoms with van der Waals surface area (Å²) in [6.07, 6.45) is 4.21. The maximum Gasteiger partial charge on any atom is 0.255 e. The minimum Gasteiger partial charge on any atom is -0.361 e. The highest BCUT2D eigenvalue weighted by molar-refractivity contribution is 6.22. The van der Waals surface area contributed by atoms with Crippen molar-refractivity contribution in [2.24, 2.45) is 0 Å². The van der Waals surface area contributed by atoms with E-state index in [1.807, 2.05) is 30.5 Å². The number of carbonyl (C=O) groups is 5. The summed E-state index contributed by atoms with van der Waals surface area (Å²) in [5.74, 6) is -1.74. The van der Waals surface area contributed by atoms with Gasteiger partial charge in [0.2, 0.25) is 11.8 Å². The van der Waals surface area contributed by atoms with Gasteiger partial charge in [0.15, 0.2) is 11.6 Å². The van der Waals surface area contributed by atoms with E-state index in [0.29, 0.717) is 16.8 Å². The van der Waals surface area contributed by atoms with Crippen molar-refractivity contribution in [1.29, 1.82) is 0 Å². The number of hydrogen-bond acceptors (Lipinski definition) is 6. The second kappa shape index (κ2) is 8.85. The molecule has 1 aliphatic carbocycles. The lowest BCUT2D eigenvalue weighted by Crippen LogP contribution is -2.52. The predicted molar refractivity (Wildman–Crippen MR) is 134 cm³/mol. The largest absolute Gasteiger partial charge is 0.361 e. The van der Waals surface area contributed by atoms with E-state index in [1.165, 1.54) is 11.1 Å². The highest BCUT2D eigenvalue weighted by atomic mass is 16.2. The highest BCUT2D eigenvalue weighted by Crippen LogP contribution is 2.36. The van der Waals surface area contributed by atoms with Gasteiger partial charge in [-0.2, -0.15) is 0 Å². The zero-order chi connectivity index (χ0) is 25.7. The molecule has 3 heterocycles. The van der Waals surface area contributed by atoms with Gasteiger partial charge in [-0.05, 0) is 42.2 Å². The topological polar surface area (TPSA) is 128 Å². The van der Waals surface area contributed by atoms with Gasteiger partial charge in [0.25, 0.3) is 5.91 Å². The first-order valence-electron chi connectivity index (χ1n) is 12.3. The molecule has 3 aliphatic rings. The summed E-state index contributed by atoms with van der Waals surface area (Å²) in [7, 11) is 0. The molecule has 2 fully saturated rings. The number of amides is 3. The third kappa shape index (κ3) is 3.92. The summed E-state index contributed by atoms with van der Waals surface area (Å²) in [5.41, 5.74) is 3.80. The Morgan fingerprint density at radius 2 is 1.73 bits per heavy atom. The average molecular weight is 497 g/mol. The molecule has 0 bridgehead atoms. The molecule has 3 N–H and O–H groups in total. The number of H-pyrrole nitrogens is 1. The van der Waals surface area contributed by atoms with Crippen LogP contribution >= 0.6 is 0 Å². The van der Waals surface area contributed by atoms with Gasteiger partial charge in [-0.3, -0.25) is 29.3 Å². The standard InChI is InChI=1S/C28H24N4O5/c33-24-11-15(16-3-1-5-21-17(16)9-10-29-21)12-25(34)19(24)13-30-22-6-2-4-18-20(22)14-32(28(18)37)23-7-8-26(35)31-27(23)36/h1-6,9-10,13,15,23,29-30H,7-8,11-12,14H2,(H,31,35,36). The Morgan fingerprint density at radius 3 is 2.51 bits per heavy atom. The van der Waals surface area contributed by atoms with Crippen LogP contribution in [-0.2, 0) is 25.7 Å². The smallest absolute Gasteiger partial charge is 0.255 e. The second-order valence-electron chi connectivity index (χ2n) is 9.67. The molecule has 1 saturated heterocycles. The van der Waals surface area contributed by atoms with Crippen LogP contribution < -0.4 is 10.6 Å². The summed E-state index contributed by atoms with van der Waals surface area (Å²) in [4.78, 5) is 67.6. The maximum atomic E-state index is 13.0. The Morgan fingerprint density at radius 1 is 0.946 bits per heavy atom. The number of Topliss-reactive ketones (excluding diaryl/α,β-unsaturated/α-hetero) is 2. The minimum atomic E-state index is -0.716. The molecule has 1 aromatic heterocycles. The monoisotopic (exact) mass is 496 g/mol. The molecule has 9 heteroatoms. The summed E-state index contributed by atoms with van der Waals surface area (Å²) in [6.45, 7) is 0.192. The molecule has 2 aliphatic heterocycles. The number of fused-ring (bicyclic) bond motifs is 2. The van der Waals surface area contributed by atoms with E-state index in [1.54, 1.807) is 18.2 Å². The van der Waals surface area contributed by atoms with Crippen LogP contribution in [0.1, 0.15) is 53.1 Å². The van der Waals surface area contributed by atoms with Crippen molar-refractivity contribution in [3.8, 4) is 0 Å². The van der Waals surface area contributed by atoms with Crippen LogP contribution in [0.15, 0.2) is 60.4 Å². The van der Waals surface area contributed by atoms with Gasteiger partial charge in [-0.25, -0.2) is 0 Å². The molecule has 3 aromatic rings. The van der Waals surface area contributed by atoms with E-state index in [2.05, 4.69) is 15.6 Å². The van der Waals surface area contributed by atoms with E-state index in [0.717, 1.165) is 16.5 Å². The summed E-state index contributed by atoms with van der Waals surface area (Å²) in [5, 5.41) is 6.39. The fourth-order valence-corrected chi connectivity index (χ4v) is 5.61. The van der Waals surface area contributed by atoms with Crippen molar-refractivity contribution in [2.45, 2.75) is 44.2 Å².